The molecule has 0 unspecified atom stereocenters. The third-order valence-electron chi connectivity index (χ3n) is 7.65. The monoisotopic (exact) mass is 362 g/mol. The Hall–Kier alpha value is 0. The van der Waals surface area contributed by atoms with Crippen LogP contribution in [0.25, 0.3) is 0 Å². The minimum absolute atomic E-state index is 1.11. The first-order valence-electron chi connectivity index (χ1n) is 12.9. The summed E-state index contributed by atoms with van der Waals surface area (Å²) in [5.41, 5.74) is 0. The largest absolute Gasteiger partial charge is 0.0654 e. The Bertz CT molecular complexity index is 277. The second-order valence-electron chi connectivity index (χ2n) is 9.78. The van der Waals surface area contributed by atoms with Crippen LogP contribution in [0.15, 0.2) is 0 Å². The maximum absolute atomic E-state index is 2.31. The Morgan fingerprint density at radius 2 is 0.885 bits per heavy atom. The molecule has 0 heterocycles. The van der Waals surface area contributed by atoms with E-state index in [0.29, 0.717) is 0 Å². The first-order chi connectivity index (χ1) is 12.9. The van der Waals surface area contributed by atoms with Crippen molar-refractivity contribution in [1.29, 1.82) is 0 Å². The van der Waals surface area contributed by atoms with E-state index in [-0.39, 0.29) is 0 Å². The lowest BCUT2D eigenvalue weighted by molar-refractivity contribution is 0.131. The molecular formula is C26H50. The van der Waals surface area contributed by atoms with E-state index >= 15 is 0 Å². The van der Waals surface area contributed by atoms with Crippen LogP contribution in [0.2, 0.25) is 0 Å². The summed E-state index contributed by atoms with van der Waals surface area (Å²) >= 11 is 0. The van der Waals surface area contributed by atoms with E-state index in [2.05, 4.69) is 6.92 Å². The summed E-state index contributed by atoms with van der Waals surface area (Å²) in [6.45, 7) is 2.31. The van der Waals surface area contributed by atoms with E-state index in [1.807, 2.05) is 0 Å². The highest BCUT2D eigenvalue weighted by Crippen LogP contribution is 2.42. The fourth-order valence-electron chi connectivity index (χ4n) is 6.03. The molecule has 154 valence electrons. The van der Waals surface area contributed by atoms with Gasteiger partial charge in [-0.1, -0.05) is 142 Å². The summed E-state index contributed by atoms with van der Waals surface area (Å²) in [7, 11) is 0. The van der Waals surface area contributed by atoms with Gasteiger partial charge in [-0.3, -0.25) is 0 Å². The fraction of sp³-hybridized carbons (Fsp3) is 1.00. The Kier molecular flexibility index (Phi) is 12.8. The molecule has 2 aliphatic carbocycles. The summed E-state index contributed by atoms with van der Waals surface area (Å²) in [6.07, 6.45) is 33.4. The highest BCUT2D eigenvalue weighted by molar-refractivity contribution is 4.81. The van der Waals surface area contributed by atoms with Gasteiger partial charge >= 0.3 is 0 Å². The van der Waals surface area contributed by atoms with Crippen LogP contribution in [0.1, 0.15) is 148 Å². The highest BCUT2D eigenvalue weighted by atomic mass is 14.4. The van der Waals surface area contributed by atoms with Crippen LogP contribution >= 0.6 is 0 Å². The molecule has 0 nitrogen and oxygen atoms in total. The van der Waals surface area contributed by atoms with Crippen LogP contribution in [-0.2, 0) is 0 Å². The van der Waals surface area contributed by atoms with Gasteiger partial charge in [-0.15, -0.1) is 0 Å². The molecule has 0 aromatic carbocycles. The predicted molar refractivity (Wildman–Crippen MR) is 118 cm³/mol. The molecule has 2 rings (SSSR count). The molecule has 0 radical (unpaired) electrons. The van der Waals surface area contributed by atoms with Gasteiger partial charge in [0.2, 0.25) is 0 Å². The second kappa shape index (κ2) is 15.0. The zero-order valence-corrected chi connectivity index (χ0v) is 18.3. The van der Waals surface area contributed by atoms with Gasteiger partial charge in [-0.25, -0.2) is 0 Å². The van der Waals surface area contributed by atoms with Gasteiger partial charge in [0.15, 0.2) is 0 Å². The number of unbranched alkanes of at least 4 members (excludes halogenated alkanes) is 10. The van der Waals surface area contributed by atoms with E-state index in [1.54, 1.807) is 32.1 Å². The third kappa shape index (κ3) is 9.27. The molecule has 0 aromatic heterocycles. The summed E-state index contributed by atoms with van der Waals surface area (Å²) in [5, 5.41) is 0. The molecule has 0 aliphatic heterocycles. The summed E-state index contributed by atoms with van der Waals surface area (Å²) in [5.74, 6) is 3.32. The quantitative estimate of drug-likeness (QED) is 0.270. The molecular weight excluding hydrogens is 312 g/mol. The van der Waals surface area contributed by atoms with Gasteiger partial charge in [0.05, 0.1) is 0 Å². The standard InChI is InChI=1S/C26H50/c1-2-3-4-5-6-7-8-9-10-11-18-23-26(24-19-14-12-15-20-24)25-21-16-13-17-22-25/h24-26H,2-23H2,1H3. The topological polar surface area (TPSA) is 0 Å². The molecule has 2 aliphatic rings. The lowest BCUT2D eigenvalue weighted by Crippen LogP contribution is -2.27. The van der Waals surface area contributed by atoms with Crippen LogP contribution in [0.3, 0.4) is 0 Å². The Balaban J connectivity index is 1.54. The van der Waals surface area contributed by atoms with E-state index < -0.39 is 0 Å². The van der Waals surface area contributed by atoms with Gasteiger partial charge in [0.25, 0.3) is 0 Å². The zero-order valence-electron chi connectivity index (χ0n) is 18.3. The molecule has 26 heavy (non-hydrogen) atoms. The lowest BCUT2D eigenvalue weighted by Gasteiger charge is -2.38. The van der Waals surface area contributed by atoms with Crippen molar-refractivity contribution in [3.63, 3.8) is 0 Å². The van der Waals surface area contributed by atoms with Crippen LogP contribution in [-0.4, -0.2) is 0 Å². The van der Waals surface area contributed by atoms with Crippen molar-refractivity contribution in [2.75, 3.05) is 0 Å². The van der Waals surface area contributed by atoms with Gasteiger partial charge in [-0.05, 0) is 24.2 Å². The normalized spacial score (nSPS) is 20.1. The predicted octanol–water partition coefficient (Wildman–Crippen LogP) is 9.46. The highest BCUT2D eigenvalue weighted by Gasteiger charge is 2.30. The molecule has 0 saturated heterocycles. The van der Waals surface area contributed by atoms with Crippen LogP contribution in [0.5, 0.6) is 0 Å². The van der Waals surface area contributed by atoms with E-state index in [4.69, 9.17) is 0 Å². The summed E-state index contributed by atoms with van der Waals surface area (Å²) in [4.78, 5) is 0. The summed E-state index contributed by atoms with van der Waals surface area (Å²) in [6, 6.07) is 0. The van der Waals surface area contributed by atoms with Gasteiger partial charge in [0.1, 0.15) is 0 Å². The number of rotatable bonds is 14. The van der Waals surface area contributed by atoms with Crippen LogP contribution in [0, 0.1) is 17.8 Å². The van der Waals surface area contributed by atoms with Gasteiger partial charge < -0.3 is 0 Å². The van der Waals surface area contributed by atoms with Gasteiger partial charge in [-0.2, -0.15) is 0 Å². The minimum Gasteiger partial charge on any atom is -0.0654 e. The van der Waals surface area contributed by atoms with Crippen molar-refractivity contribution in [3.8, 4) is 0 Å². The van der Waals surface area contributed by atoms with Crippen molar-refractivity contribution in [1.82, 2.24) is 0 Å². The molecule has 0 amide bonds. The van der Waals surface area contributed by atoms with Crippen molar-refractivity contribution >= 4 is 0 Å². The first-order valence-corrected chi connectivity index (χ1v) is 12.9. The van der Waals surface area contributed by atoms with E-state index in [0.717, 1.165) is 17.8 Å². The molecule has 0 heteroatoms. The second-order valence-corrected chi connectivity index (χ2v) is 9.78. The molecule has 0 bridgehead atoms. The molecule has 0 spiro atoms. The maximum Gasteiger partial charge on any atom is -0.0357 e. The van der Waals surface area contributed by atoms with Crippen molar-refractivity contribution in [2.45, 2.75) is 148 Å². The molecule has 0 N–H and O–H groups in total. The lowest BCUT2D eigenvalue weighted by atomic mass is 9.68. The maximum atomic E-state index is 2.31. The Morgan fingerprint density at radius 1 is 0.500 bits per heavy atom. The molecule has 0 atom stereocenters. The van der Waals surface area contributed by atoms with Gasteiger partial charge in [0, 0.05) is 0 Å². The molecule has 0 aromatic rings. The van der Waals surface area contributed by atoms with Crippen LogP contribution < -0.4 is 0 Å². The Morgan fingerprint density at radius 3 is 1.31 bits per heavy atom. The third-order valence-corrected chi connectivity index (χ3v) is 7.65. The van der Waals surface area contributed by atoms with Crippen molar-refractivity contribution in [2.24, 2.45) is 17.8 Å². The molecule has 2 fully saturated rings. The van der Waals surface area contributed by atoms with Crippen LogP contribution in [0.4, 0.5) is 0 Å². The number of hydrogen-bond acceptors (Lipinski definition) is 0. The van der Waals surface area contributed by atoms with Crippen molar-refractivity contribution < 1.29 is 0 Å². The summed E-state index contributed by atoms with van der Waals surface area (Å²) < 4.78 is 0. The van der Waals surface area contributed by atoms with Crippen molar-refractivity contribution in [3.05, 3.63) is 0 Å². The van der Waals surface area contributed by atoms with E-state index in [9.17, 15) is 0 Å². The zero-order chi connectivity index (χ0) is 18.3. The average Bonchev–Trinajstić information content (AvgIpc) is 2.70. The molecule has 2 saturated carbocycles. The smallest absolute Gasteiger partial charge is 0.0357 e. The fourth-order valence-corrected chi connectivity index (χ4v) is 6.03. The number of hydrogen-bond donors (Lipinski definition) is 0. The minimum atomic E-state index is 1.11. The SMILES string of the molecule is CCCCCCCCCCCCCC(C1CCCCC1)C1CCCCC1. The average molecular weight is 363 g/mol. The van der Waals surface area contributed by atoms with E-state index in [1.165, 1.54) is 109 Å². The first kappa shape index (κ1) is 22.3. The Labute approximate surface area is 166 Å².